The summed E-state index contributed by atoms with van der Waals surface area (Å²) in [5, 5.41) is 6.05. The van der Waals surface area contributed by atoms with Crippen molar-refractivity contribution in [1.29, 1.82) is 0 Å². The van der Waals surface area contributed by atoms with Gasteiger partial charge >= 0.3 is 0 Å². The highest BCUT2D eigenvalue weighted by atomic mass is 19.1. The third-order valence-corrected chi connectivity index (χ3v) is 4.55. The van der Waals surface area contributed by atoms with Gasteiger partial charge in [-0.25, -0.2) is 14.4 Å². The van der Waals surface area contributed by atoms with E-state index in [0.717, 1.165) is 39.4 Å². The molecule has 1 aromatic heterocycles. The van der Waals surface area contributed by atoms with Crippen molar-refractivity contribution in [3.8, 4) is 0 Å². The number of benzene rings is 1. The molecular weight excluding hydrogens is 361 g/mol. The van der Waals surface area contributed by atoms with Gasteiger partial charge in [-0.2, -0.15) is 0 Å². The Balaban J connectivity index is 1.50. The Labute approximate surface area is 164 Å². The van der Waals surface area contributed by atoms with Crippen LogP contribution in [0.5, 0.6) is 0 Å². The molecule has 8 heteroatoms. The van der Waals surface area contributed by atoms with Crippen LogP contribution >= 0.6 is 0 Å². The van der Waals surface area contributed by atoms with Crippen LogP contribution in [0.25, 0.3) is 0 Å². The van der Waals surface area contributed by atoms with Crippen LogP contribution in [0.2, 0.25) is 0 Å². The molecule has 0 atom stereocenters. The summed E-state index contributed by atoms with van der Waals surface area (Å²) in [5.41, 5.74) is 0.877. The Kier molecular flexibility index (Phi) is 7.27. The largest absolute Gasteiger partial charge is 0.379 e. The normalized spacial score (nSPS) is 14.6. The number of carbonyl (C=O) groups excluding carboxylic acids is 1. The van der Waals surface area contributed by atoms with E-state index in [-0.39, 0.29) is 11.7 Å². The van der Waals surface area contributed by atoms with Gasteiger partial charge in [-0.15, -0.1) is 0 Å². The van der Waals surface area contributed by atoms with Gasteiger partial charge in [-0.3, -0.25) is 9.69 Å². The second kappa shape index (κ2) is 10.1. The number of nitrogens with zero attached hydrogens (tertiary/aromatic N) is 3. The highest BCUT2D eigenvalue weighted by Crippen LogP contribution is 2.08. The molecule has 1 fully saturated rings. The lowest BCUT2D eigenvalue weighted by Crippen LogP contribution is -2.39. The second-order valence-corrected chi connectivity index (χ2v) is 6.66. The quantitative estimate of drug-likeness (QED) is 0.717. The average Bonchev–Trinajstić information content (AvgIpc) is 2.70. The van der Waals surface area contributed by atoms with E-state index in [1.807, 2.05) is 0 Å². The van der Waals surface area contributed by atoms with Crippen LogP contribution < -0.4 is 10.6 Å². The predicted octanol–water partition coefficient (Wildman–Crippen LogP) is 1.64. The molecule has 3 rings (SSSR count). The minimum atomic E-state index is -0.293. The number of morpholine rings is 1. The molecule has 1 amide bonds. The molecule has 2 N–H and O–H groups in total. The summed E-state index contributed by atoms with van der Waals surface area (Å²) >= 11 is 0. The monoisotopic (exact) mass is 387 g/mol. The number of nitrogens with one attached hydrogen (secondary N) is 2. The Morgan fingerprint density at radius 2 is 2.00 bits per heavy atom. The van der Waals surface area contributed by atoms with Crippen molar-refractivity contribution in [3.05, 3.63) is 53.2 Å². The number of anilines is 1. The van der Waals surface area contributed by atoms with Crippen molar-refractivity contribution in [3.63, 3.8) is 0 Å². The lowest BCUT2D eigenvalue weighted by atomic mass is 10.1. The summed E-state index contributed by atoms with van der Waals surface area (Å²) in [7, 11) is 0. The van der Waals surface area contributed by atoms with E-state index in [4.69, 9.17) is 4.74 Å². The average molecular weight is 387 g/mol. The van der Waals surface area contributed by atoms with Crippen molar-refractivity contribution in [1.82, 2.24) is 20.2 Å². The van der Waals surface area contributed by atoms with Crippen LogP contribution in [0, 0.1) is 12.7 Å². The van der Waals surface area contributed by atoms with Crippen LogP contribution in [0.1, 0.15) is 21.9 Å². The molecular formula is C20H26FN5O2. The number of rotatable bonds is 8. The number of hydrogen-bond acceptors (Lipinski definition) is 6. The fraction of sp³-hybridized carbons (Fsp3) is 0.450. The lowest BCUT2D eigenvalue weighted by Gasteiger charge is -2.26. The SMILES string of the molecule is Cc1nc(NCCN2CCOCC2)cc(C(=O)NCCc2ccccc2F)n1. The fourth-order valence-electron chi connectivity index (χ4n) is 3.04. The van der Waals surface area contributed by atoms with Crippen molar-refractivity contribution in [2.45, 2.75) is 13.3 Å². The van der Waals surface area contributed by atoms with Crippen molar-refractivity contribution >= 4 is 11.7 Å². The molecule has 28 heavy (non-hydrogen) atoms. The van der Waals surface area contributed by atoms with Gasteiger partial charge in [0.05, 0.1) is 13.2 Å². The molecule has 0 radical (unpaired) electrons. The van der Waals surface area contributed by atoms with Crippen LogP contribution in [0.3, 0.4) is 0 Å². The van der Waals surface area contributed by atoms with Crippen LogP contribution in [-0.4, -0.2) is 66.7 Å². The van der Waals surface area contributed by atoms with E-state index >= 15 is 0 Å². The molecule has 2 aromatic rings. The predicted molar refractivity (Wildman–Crippen MR) is 105 cm³/mol. The Morgan fingerprint density at radius 1 is 1.21 bits per heavy atom. The molecule has 0 unspecified atom stereocenters. The molecule has 0 aliphatic carbocycles. The van der Waals surface area contributed by atoms with Crippen LogP contribution in [0.15, 0.2) is 30.3 Å². The third-order valence-electron chi connectivity index (χ3n) is 4.55. The first kappa shape index (κ1) is 20.2. The maximum Gasteiger partial charge on any atom is 0.270 e. The van der Waals surface area contributed by atoms with Gasteiger partial charge in [-0.05, 0) is 25.0 Å². The Bertz CT molecular complexity index is 796. The zero-order valence-electron chi connectivity index (χ0n) is 16.1. The van der Waals surface area contributed by atoms with E-state index in [1.54, 1.807) is 31.2 Å². The van der Waals surface area contributed by atoms with Gasteiger partial charge in [0.15, 0.2) is 0 Å². The Hall–Kier alpha value is -2.58. The number of aromatic nitrogens is 2. The number of ether oxygens (including phenoxy) is 1. The van der Waals surface area contributed by atoms with Crippen molar-refractivity contribution in [2.75, 3.05) is 51.3 Å². The zero-order chi connectivity index (χ0) is 19.8. The summed E-state index contributed by atoms with van der Waals surface area (Å²) in [6.07, 6.45) is 0.424. The van der Waals surface area contributed by atoms with Gasteiger partial charge in [0, 0.05) is 38.8 Å². The number of hydrogen-bond donors (Lipinski definition) is 2. The maximum atomic E-state index is 13.6. The molecule has 1 aromatic carbocycles. The van der Waals surface area contributed by atoms with Gasteiger partial charge in [0.2, 0.25) is 0 Å². The van der Waals surface area contributed by atoms with Crippen molar-refractivity contribution < 1.29 is 13.9 Å². The molecule has 150 valence electrons. The number of halogens is 1. The first-order valence-electron chi connectivity index (χ1n) is 9.53. The van der Waals surface area contributed by atoms with Gasteiger partial charge in [0.1, 0.15) is 23.2 Å². The second-order valence-electron chi connectivity index (χ2n) is 6.66. The molecule has 1 saturated heterocycles. The molecule has 1 aliphatic rings. The zero-order valence-corrected chi connectivity index (χ0v) is 16.1. The molecule has 0 saturated carbocycles. The molecule has 7 nitrogen and oxygen atoms in total. The van der Waals surface area contributed by atoms with E-state index in [0.29, 0.717) is 35.9 Å². The van der Waals surface area contributed by atoms with Crippen molar-refractivity contribution in [2.24, 2.45) is 0 Å². The van der Waals surface area contributed by atoms with Crippen LogP contribution in [-0.2, 0) is 11.2 Å². The summed E-state index contributed by atoms with van der Waals surface area (Å²) in [6.45, 7) is 7.10. The molecule has 2 heterocycles. The van der Waals surface area contributed by atoms with Gasteiger partial charge in [0.25, 0.3) is 5.91 Å². The summed E-state index contributed by atoms with van der Waals surface area (Å²) in [5.74, 6) is 0.593. The molecule has 0 bridgehead atoms. The highest BCUT2D eigenvalue weighted by Gasteiger charge is 2.12. The lowest BCUT2D eigenvalue weighted by molar-refractivity contribution is 0.0398. The number of amides is 1. The fourth-order valence-corrected chi connectivity index (χ4v) is 3.04. The van der Waals surface area contributed by atoms with Gasteiger partial charge < -0.3 is 15.4 Å². The van der Waals surface area contributed by atoms with E-state index in [9.17, 15) is 9.18 Å². The van der Waals surface area contributed by atoms with Gasteiger partial charge in [-0.1, -0.05) is 18.2 Å². The number of aryl methyl sites for hydroxylation is 1. The highest BCUT2D eigenvalue weighted by molar-refractivity contribution is 5.92. The van der Waals surface area contributed by atoms with E-state index in [1.165, 1.54) is 6.07 Å². The topological polar surface area (TPSA) is 79.4 Å². The van der Waals surface area contributed by atoms with Crippen LogP contribution in [0.4, 0.5) is 10.2 Å². The molecule has 0 spiro atoms. The minimum Gasteiger partial charge on any atom is -0.379 e. The first-order chi connectivity index (χ1) is 13.6. The summed E-state index contributed by atoms with van der Waals surface area (Å²) in [6, 6.07) is 8.20. The third kappa shape index (κ3) is 5.97. The maximum absolute atomic E-state index is 13.6. The standard InChI is InChI=1S/C20H26FN5O2/c1-15-24-18(20(27)23-7-6-16-4-2-3-5-17(16)21)14-19(25-15)22-8-9-26-10-12-28-13-11-26/h2-5,14H,6-13H2,1H3,(H,23,27)(H,22,24,25). The van der Waals surface area contributed by atoms with E-state index < -0.39 is 0 Å². The Morgan fingerprint density at radius 3 is 2.79 bits per heavy atom. The summed E-state index contributed by atoms with van der Waals surface area (Å²) < 4.78 is 19.0. The smallest absolute Gasteiger partial charge is 0.270 e. The number of carbonyl (C=O) groups is 1. The van der Waals surface area contributed by atoms with E-state index in [2.05, 4.69) is 25.5 Å². The minimum absolute atomic E-state index is 0.263. The first-order valence-corrected chi connectivity index (χ1v) is 9.53. The summed E-state index contributed by atoms with van der Waals surface area (Å²) in [4.78, 5) is 23.3. The molecule has 1 aliphatic heterocycles.